The monoisotopic (exact) mass is 537 g/mol. The molecule has 0 aliphatic heterocycles. The molecule has 206 valence electrons. The summed E-state index contributed by atoms with van der Waals surface area (Å²) in [5, 5.41) is 5.58. The zero-order valence-corrected chi connectivity index (χ0v) is 23.4. The Labute approximate surface area is 233 Å². The molecule has 0 saturated heterocycles. The number of aliphatic imine (C=N–C) groups is 2. The van der Waals surface area contributed by atoms with Crippen molar-refractivity contribution in [1.29, 1.82) is 0 Å². The zero-order valence-electron chi connectivity index (χ0n) is 23.4. The Balaban J connectivity index is 1.52. The molecule has 0 spiro atoms. The van der Waals surface area contributed by atoms with Gasteiger partial charge in [0.05, 0.1) is 24.2 Å². The van der Waals surface area contributed by atoms with Crippen LogP contribution in [0.3, 0.4) is 0 Å². The molecule has 2 saturated carbocycles. The Bertz CT molecular complexity index is 1680. The second kappa shape index (κ2) is 10.3. The highest BCUT2D eigenvalue weighted by Crippen LogP contribution is 2.48. The van der Waals surface area contributed by atoms with E-state index in [2.05, 4.69) is 38.8 Å². The first-order chi connectivity index (χ1) is 19.4. The van der Waals surface area contributed by atoms with Crippen LogP contribution in [0, 0.1) is 0 Å². The molecule has 0 bridgehead atoms. The maximum Gasteiger partial charge on any atom is 0.212 e. The Kier molecular flexibility index (Phi) is 6.61. The fourth-order valence-corrected chi connectivity index (χ4v) is 5.29. The van der Waals surface area contributed by atoms with Gasteiger partial charge in [-0.2, -0.15) is 5.10 Å². The van der Waals surface area contributed by atoms with Gasteiger partial charge in [-0.1, -0.05) is 12.1 Å². The van der Waals surface area contributed by atoms with E-state index < -0.39 is 0 Å². The van der Waals surface area contributed by atoms with Crippen molar-refractivity contribution >= 4 is 29.1 Å². The third kappa shape index (κ3) is 4.74. The standard InChI is InChI=1S/C30H35N9O/c1-5-40-28(32)24(15-33-2)34-14-22-20(7-6-8-23(22)31)26-27(18-11-12-18)39(4)30(36-26)21-13-19-16-38(3)37-29(19)35-25(21)17-9-10-17/h6-8,13-18H,5,9-12,31-32H2,1-4H3/b28-24-,33-15?,34-14?. The van der Waals surface area contributed by atoms with Gasteiger partial charge < -0.3 is 20.8 Å². The minimum absolute atomic E-state index is 0.213. The minimum Gasteiger partial charge on any atom is -0.478 e. The van der Waals surface area contributed by atoms with E-state index in [-0.39, 0.29) is 5.88 Å². The molecule has 4 aromatic rings. The highest BCUT2D eigenvalue weighted by atomic mass is 16.5. The van der Waals surface area contributed by atoms with Crippen LogP contribution in [-0.2, 0) is 18.8 Å². The molecule has 6 rings (SSSR count). The second-order valence-corrected chi connectivity index (χ2v) is 10.6. The van der Waals surface area contributed by atoms with Crippen molar-refractivity contribution in [3.63, 3.8) is 0 Å². The first kappa shape index (κ1) is 25.8. The van der Waals surface area contributed by atoms with Gasteiger partial charge in [0.25, 0.3) is 0 Å². The number of rotatable bonds is 9. The normalized spacial score (nSPS) is 16.4. The number of hydrogen-bond donors (Lipinski definition) is 2. The molecule has 0 atom stereocenters. The highest BCUT2D eigenvalue weighted by Gasteiger charge is 2.35. The number of nitrogens with two attached hydrogens (primary N) is 2. The topological polar surface area (TPSA) is 135 Å². The molecule has 3 heterocycles. The third-order valence-electron chi connectivity index (χ3n) is 7.48. The van der Waals surface area contributed by atoms with E-state index in [0.29, 0.717) is 29.8 Å². The van der Waals surface area contributed by atoms with Crippen molar-refractivity contribution in [1.82, 2.24) is 24.3 Å². The van der Waals surface area contributed by atoms with Crippen molar-refractivity contribution in [2.75, 3.05) is 19.4 Å². The predicted molar refractivity (Wildman–Crippen MR) is 159 cm³/mol. The number of anilines is 1. The molecule has 1 aromatic carbocycles. The van der Waals surface area contributed by atoms with Gasteiger partial charge in [0, 0.05) is 78.8 Å². The van der Waals surface area contributed by atoms with Gasteiger partial charge in [-0.05, 0) is 44.7 Å². The molecule has 10 nitrogen and oxygen atoms in total. The van der Waals surface area contributed by atoms with E-state index in [1.165, 1.54) is 5.69 Å². The molecule has 40 heavy (non-hydrogen) atoms. The predicted octanol–water partition coefficient (Wildman–Crippen LogP) is 4.66. The number of allylic oxidation sites excluding steroid dienone is 1. The molecule has 2 aliphatic carbocycles. The molecule has 0 radical (unpaired) electrons. The van der Waals surface area contributed by atoms with Gasteiger partial charge in [-0.25, -0.2) is 15.0 Å². The zero-order chi connectivity index (χ0) is 28.0. The third-order valence-corrected chi connectivity index (χ3v) is 7.48. The number of hydrogen-bond acceptors (Lipinski definition) is 8. The Morgan fingerprint density at radius 2 is 1.90 bits per heavy atom. The molecule has 10 heteroatoms. The number of ether oxygens (including phenoxy) is 1. The van der Waals surface area contributed by atoms with Gasteiger partial charge in [-0.15, -0.1) is 0 Å². The van der Waals surface area contributed by atoms with Crippen LogP contribution in [0.15, 0.2) is 52.0 Å². The largest absolute Gasteiger partial charge is 0.478 e. The number of benzene rings is 1. The summed E-state index contributed by atoms with van der Waals surface area (Å²) < 4.78 is 9.55. The Hall–Kier alpha value is -4.47. The van der Waals surface area contributed by atoms with Gasteiger partial charge in [-0.3, -0.25) is 9.67 Å². The number of nitrogen functional groups attached to an aromatic ring is 1. The van der Waals surface area contributed by atoms with Crippen LogP contribution in [0.25, 0.3) is 33.7 Å². The minimum atomic E-state index is 0.213. The smallest absolute Gasteiger partial charge is 0.212 e. The van der Waals surface area contributed by atoms with E-state index in [1.807, 2.05) is 37.0 Å². The number of aromatic nitrogens is 5. The Morgan fingerprint density at radius 3 is 2.60 bits per heavy atom. The van der Waals surface area contributed by atoms with Crippen molar-refractivity contribution < 1.29 is 4.74 Å². The summed E-state index contributed by atoms with van der Waals surface area (Å²) >= 11 is 0. The summed E-state index contributed by atoms with van der Waals surface area (Å²) in [4.78, 5) is 19.0. The molecule has 0 unspecified atom stereocenters. The lowest BCUT2D eigenvalue weighted by molar-refractivity contribution is 0.224. The second-order valence-electron chi connectivity index (χ2n) is 10.6. The van der Waals surface area contributed by atoms with Gasteiger partial charge in [0.1, 0.15) is 11.5 Å². The first-order valence-electron chi connectivity index (χ1n) is 13.8. The average molecular weight is 538 g/mol. The van der Waals surface area contributed by atoms with Crippen LogP contribution in [0.4, 0.5) is 5.69 Å². The summed E-state index contributed by atoms with van der Waals surface area (Å²) in [6.45, 7) is 2.31. The highest BCUT2D eigenvalue weighted by molar-refractivity contribution is 5.98. The first-order valence-corrected chi connectivity index (χ1v) is 13.8. The number of pyridine rings is 1. The average Bonchev–Trinajstić information content (AvgIpc) is 3.86. The lowest BCUT2D eigenvalue weighted by Crippen LogP contribution is -2.07. The fourth-order valence-electron chi connectivity index (χ4n) is 5.29. The Morgan fingerprint density at radius 1 is 1.12 bits per heavy atom. The summed E-state index contributed by atoms with van der Waals surface area (Å²) in [6.07, 6.45) is 9.88. The van der Waals surface area contributed by atoms with Crippen LogP contribution in [-0.4, -0.2) is 50.4 Å². The fraction of sp³-hybridized carbons (Fsp3) is 0.367. The van der Waals surface area contributed by atoms with Gasteiger partial charge >= 0.3 is 0 Å². The molecule has 4 N–H and O–H groups in total. The van der Waals surface area contributed by atoms with E-state index in [1.54, 1.807) is 19.5 Å². The van der Waals surface area contributed by atoms with Crippen LogP contribution in [0.5, 0.6) is 0 Å². The van der Waals surface area contributed by atoms with Crippen molar-refractivity contribution in [2.45, 2.75) is 44.4 Å². The van der Waals surface area contributed by atoms with Crippen LogP contribution in [0.1, 0.15) is 61.4 Å². The van der Waals surface area contributed by atoms with Crippen molar-refractivity contribution in [3.8, 4) is 22.6 Å². The van der Waals surface area contributed by atoms with E-state index in [4.69, 9.17) is 26.2 Å². The molecule has 2 aliphatic rings. The maximum atomic E-state index is 6.53. The molecular formula is C30H35N9O. The summed E-state index contributed by atoms with van der Waals surface area (Å²) in [6, 6.07) is 8.10. The number of imidazole rings is 1. The number of fused-ring (bicyclic) bond motifs is 1. The van der Waals surface area contributed by atoms with Gasteiger partial charge in [0.2, 0.25) is 5.88 Å². The maximum absolute atomic E-state index is 6.53. The summed E-state index contributed by atoms with van der Waals surface area (Å²) in [5.41, 5.74) is 20.5. The van der Waals surface area contributed by atoms with Crippen molar-refractivity contribution in [2.24, 2.45) is 29.8 Å². The molecule has 2 fully saturated rings. The van der Waals surface area contributed by atoms with Gasteiger partial charge in [0.15, 0.2) is 5.65 Å². The van der Waals surface area contributed by atoms with Crippen molar-refractivity contribution in [3.05, 3.63) is 59.0 Å². The van der Waals surface area contributed by atoms with E-state index in [9.17, 15) is 0 Å². The SMILES string of the molecule is CCO/C(N)=C(/C=NC)N=Cc1c(N)cccc1-c1nc(-c2cc3cn(C)nc3nc2C2CC2)n(C)c1C1CC1. The summed E-state index contributed by atoms with van der Waals surface area (Å²) in [7, 11) is 5.72. The molecule has 0 amide bonds. The van der Waals surface area contributed by atoms with E-state index >= 15 is 0 Å². The lowest BCUT2D eigenvalue weighted by atomic mass is 10.0. The molecular weight excluding hydrogens is 502 g/mol. The number of aryl methyl sites for hydroxylation is 1. The van der Waals surface area contributed by atoms with Crippen LogP contribution in [0.2, 0.25) is 0 Å². The van der Waals surface area contributed by atoms with E-state index in [0.717, 1.165) is 70.6 Å². The van der Waals surface area contributed by atoms with Crippen LogP contribution >= 0.6 is 0 Å². The quantitative estimate of drug-likeness (QED) is 0.181. The lowest BCUT2D eigenvalue weighted by Gasteiger charge is -2.11. The van der Waals surface area contributed by atoms with Crippen LogP contribution < -0.4 is 11.5 Å². The number of nitrogens with zero attached hydrogens (tertiary/aromatic N) is 7. The summed E-state index contributed by atoms with van der Waals surface area (Å²) in [5.74, 6) is 2.03. The molecule has 3 aromatic heterocycles.